The fourth-order valence-electron chi connectivity index (χ4n) is 1.15. The van der Waals surface area contributed by atoms with Crippen LogP contribution in [0.25, 0.3) is 0 Å². The normalized spacial score (nSPS) is 10.7. The Morgan fingerprint density at radius 2 is 2.38 bits per heavy atom. The zero-order valence-electron chi connectivity index (χ0n) is 8.50. The first-order valence-corrected chi connectivity index (χ1v) is 4.46. The Morgan fingerprint density at radius 1 is 1.62 bits per heavy atom. The Bertz CT molecular complexity index is 257. The molecular formula is C9H17N3O. The van der Waals surface area contributed by atoms with Crippen LogP contribution in [0.15, 0.2) is 6.07 Å². The summed E-state index contributed by atoms with van der Waals surface area (Å²) in [6.45, 7) is 4.24. The topological polar surface area (TPSA) is 39.1 Å². The number of aromatic nitrogens is 2. The lowest BCUT2D eigenvalue weighted by atomic mass is 10.4. The van der Waals surface area contributed by atoms with Gasteiger partial charge in [-0.3, -0.25) is 4.68 Å². The fourth-order valence-corrected chi connectivity index (χ4v) is 1.15. The SMILES string of the molecule is CNCCOCc1cc(C)nn1C. The van der Waals surface area contributed by atoms with Crippen LogP contribution in [0.1, 0.15) is 11.4 Å². The molecule has 1 aromatic heterocycles. The van der Waals surface area contributed by atoms with E-state index in [2.05, 4.69) is 10.4 Å². The monoisotopic (exact) mass is 183 g/mol. The van der Waals surface area contributed by atoms with Crippen LogP contribution in [0.3, 0.4) is 0 Å². The summed E-state index contributed by atoms with van der Waals surface area (Å²) in [5.41, 5.74) is 2.16. The number of aryl methyl sites for hydroxylation is 2. The quantitative estimate of drug-likeness (QED) is 0.674. The standard InChI is InChI=1S/C9H17N3O/c1-8-6-9(12(3)11-8)7-13-5-4-10-2/h6,10H,4-5,7H2,1-3H3. The number of nitrogens with zero attached hydrogens (tertiary/aromatic N) is 2. The van der Waals surface area contributed by atoms with Crippen LogP contribution >= 0.6 is 0 Å². The number of hydrogen-bond acceptors (Lipinski definition) is 3. The average Bonchev–Trinajstić information content (AvgIpc) is 2.39. The van der Waals surface area contributed by atoms with Crippen LogP contribution in [0.4, 0.5) is 0 Å². The first kappa shape index (κ1) is 10.2. The maximum absolute atomic E-state index is 5.43. The second kappa shape index (κ2) is 4.99. The van der Waals surface area contributed by atoms with Gasteiger partial charge in [0, 0.05) is 13.6 Å². The van der Waals surface area contributed by atoms with Crippen molar-refractivity contribution in [2.24, 2.45) is 7.05 Å². The van der Waals surface area contributed by atoms with E-state index in [1.54, 1.807) is 0 Å². The largest absolute Gasteiger partial charge is 0.374 e. The van der Waals surface area contributed by atoms with Gasteiger partial charge in [0.25, 0.3) is 0 Å². The molecule has 0 atom stereocenters. The smallest absolute Gasteiger partial charge is 0.0885 e. The van der Waals surface area contributed by atoms with Crippen LogP contribution in [0, 0.1) is 6.92 Å². The Labute approximate surface area is 78.9 Å². The van der Waals surface area contributed by atoms with E-state index in [1.807, 2.05) is 31.8 Å². The molecule has 0 amide bonds. The Balaban J connectivity index is 2.32. The molecule has 1 heterocycles. The third-order valence-corrected chi connectivity index (χ3v) is 1.85. The first-order chi connectivity index (χ1) is 6.24. The third kappa shape index (κ3) is 3.16. The van der Waals surface area contributed by atoms with Crippen molar-refractivity contribution >= 4 is 0 Å². The summed E-state index contributed by atoms with van der Waals surface area (Å²) in [4.78, 5) is 0. The van der Waals surface area contributed by atoms with Crippen molar-refractivity contribution in [1.82, 2.24) is 15.1 Å². The second-order valence-electron chi connectivity index (χ2n) is 3.06. The molecule has 0 radical (unpaired) electrons. The summed E-state index contributed by atoms with van der Waals surface area (Å²) < 4.78 is 7.29. The highest BCUT2D eigenvalue weighted by Gasteiger charge is 2.00. The molecule has 1 aromatic rings. The molecule has 0 aliphatic carbocycles. The first-order valence-electron chi connectivity index (χ1n) is 4.46. The van der Waals surface area contributed by atoms with E-state index in [9.17, 15) is 0 Å². The summed E-state index contributed by atoms with van der Waals surface area (Å²) in [7, 11) is 3.85. The lowest BCUT2D eigenvalue weighted by molar-refractivity contribution is 0.119. The average molecular weight is 183 g/mol. The van der Waals surface area contributed by atoms with Gasteiger partial charge in [-0.05, 0) is 20.0 Å². The van der Waals surface area contributed by atoms with Gasteiger partial charge in [-0.25, -0.2) is 0 Å². The molecule has 74 valence electrons. The van der Waals surface area contributed by atoms with Crippen LogP contribution in [0.2, 0.25) is 0 Å². The molecular weight excluding hydrogens is 166 g/mol. The number of rotatable bonds is 5. The molecule has 0 saturated heterocycles. The fraction of sp³-hybridized carbons (Fsp3) is 0.667. The van der Waals surface area contributed by atoms with E-state index in [0.717, 1.165) is 24.5 Å². The van der Waals surface area contributed by atoms with Crippen LogP contribution in [-0.4, -0.2) is 30.0 Å². The molecule has 0 saturated carbocycles. The molecule has 0 aromatic carbocycles. The predicted octanol–water partition coefficient (Wildman–Crippen LogP) is 0.465. The van der Waals surface area contributed by atoms with Crippen molar-refractivity contribution in [3.05, 3.63) is 17.5 Å². The second-order valence-corrected chi connectivity index (χ2v) is 3.06. The zero-order chi connectivity index (χ0) is 9.68. The van der Waals surface area contributed by atoms with E-state index in [-0.39, 0.29) is 0 Å². The van der Waals surface area contributed by atoms with Crippen LogP contribution in [-0.2, 0) is 18.4 Å². The molecule has 1 N–H and O–H groups in total. The van der Waals surface area contributed by atoms with Gasteiger partial charge in [-0.15, -0.1) is 0 Å². The molecule has 4 heteroatoms. The molecule has 1 rings (SSSR count). The van der Waals surface area contributed by atoms with Gasteiger partial charge in [0.05, 0.1) is 24.6 Å². The van der Waals surface area contributed by atoms with Crippen molar-refractivity contribution in [1.29, 1.82) is 0 Å². The van der Waals surface area contributed by atoms with E-state index in [0.29, 0.717) is 6.61 Å². The van der Waals surface area contributed by atoms with Crippen LogP contribution in [0.5, 0.6) is 0 Å². The summed E-state index contributed by atoms with van der Waals surface area (Å²) in [6.07, 6.45) is 0. The minimum atomic E-state index is 0.638. The van der Waals surface area contributed by atoms with Crippen molar-refractivity contribution in [2.75, 3.05) is 20.2 Å². The maximum atomic E-state index is 5.43. The van der Waals surface area contributed by atoms with Gasteiger partial charge in [0.15, 0.2) is 0 Å². The molecule has 0 aliphatic rings. The summed E-state index contributed by atoms with van der Waals surface area (Å²) in [5.74, 6) is 0. The van der Waals surface area contributed by atoms with Crippen molar-refractivity contribution < 1.29 is 4.74 Å². The summed E-state index contributed by atoms with van der Waals surface area (Å²) in [6, 6.07) is 2.04. The Morgan fingerprint density at radius 3 is 2.92 bits per heavy atom. The maximum Gasteiger partial charge on any atom is 0.0885 e. The van der Waals surface area contributed by atoms with Gasteiger partial charge in [0.2, 0.25) is 0 Å². The number of likely N-dealkylation sites (N-methyl/N-ethyl adjacent to an activating group) is 1. The molecule has 0 unspecified atom stereocenters. The Hall–Kier alpha value is -0.870. The number of nitrogens with one attached hydrogen (secondary N) is 1. The minimum absolute atomic E-state index is 0.638. The van der Waals surface area contributed by atoms with E-state index in [4.69, 9.17) is 4.74 Å². The van der Waals surface area contributed by atoms with Gasteiger partial charge in [-0.1, -0.05) is 0 Å². The summed E-state index contributed by atoms with van der Waals surface area (Å²) in [5, 5.41) is 7.26. The highest BCUT2D eigenvalue weighted by molar-refractivity contribution is 5.07. The van der Waals surface area contributed by atoms with Crippen molar-refractivity contribution in [3.63, 3.8) is 0 Å². The van der Waals surface area contributed by atoms with Gasteiger partial charge < -0.3 is 10.1 Å². The van der Waals surface area contributed by atoms with Crippen LogP contribution < -0.4 is 5.32 Å². The highest BCUT2D eigenvalue weighted by atomic mass is 16.5. The molecule has 0 fully saturated rings. The van der Waals surface area contributed by atoms with E-state index >= 15 is 0 Å². The predicted molar refractivity (Wildman–Crippen MR) is 51.5 cm³/mol. The van der Waals surface area contributed by atoms with Gasteiger partial charge in [-0.2, -0.15) is 5.10 Å². The zero-order valence-corrected chi connectivity index (χ0v) is 8.50. The van der Waals surface area contributed by atoms with Crippen molar-refractivity contribution in [2.45, 2.75) is 13.5 Å². The molecule has 13 heavy (non-hydrogen) atoms. The van der Waals surface area contributed by atoms with E-state index < -0.39 is 0 Å². The lowest BCUT2D eigenvalue weighted by Crippen LogP contribution is -2.14. The summed E-state index contributed by atoms with van der Waals surface area (Å²) >= 11 is 0. The Kier molecular flexibility index (Phi) is 3.92. The molecule has 0 bridgehead atoms. The molecule has 4 nitrogen and oxygen atoms in total. The number of hydrogen-bond donors (Lipinski definition) is 1. The van der Waals surface area contributed by atoms with Gasteiger partial charge >= 0.3 is 0 Å². The number of ether oxygens (including phenoxy) is 1. The molecule has 0 aliphatic heterocycles. The lowest BCUT2D eigenvalue weighted by Gasteiger charge is -2.03. The van der Waals surface area contributed by atoms with E-state index in [1.165, 1.54) is 0 Å². The molecule has 0 spiro atoms. The third-order valence-electron chi connectivity index (χ3n) is 1.85. The minimum Gasteiger partial charge on any atom is -0.374 e. The highest BCUT2D eigenvalue weighted by Crippen LogP contribution is 2.02. The van der Waals surface area contributed by atoms with Crippen molar-refractivity contribution in [3.8, 4) is 0 Å². The van der Waals surface area contributed by atoms with Gasteiger partial charge in [0.1, 0.15) is 0 Å².